The predicted octanol–water partition coefficient (Wildman–Crippen LogP) is 3.30. The highest BCUT2D eigenvalue weighted by Gasteiger charge is 2.29. The summed E-state index contributed by atoms with van der Waals surface area (Å²) in [7, 11) is -2.05. The van der Waals surface area contributed by atoms with Crippen molar-refractivity contribution in [1.82, 2.24) is 10.2 Å². The molecule has 1 aliphatic heterocycles. The number of anilines is 1. The maximum atomic E-state index is 13.5. The fraction of sp³-hybridized carbons (Fsp3) is 0.481. The van der Waals surface area contributed by atoms with Crippen LogP contribution in [0.1, 0.15) is 45.6 Å². The second-order valence-corrected chi connectivity index (χ2v) is 11.3. The van der Waals surface area contributed by atoms with Gasteiger partial charge >= 0.3 is 0 Å². The molecule has 0 bridgehead atoms. The Bertz CT molecular complexity index is 1230. The van der Waals surface area contributed by atoms with Crippen molar-refractivity contribution in [2.45, 2.75) is 58.7 Å². The number of sulfonamides is 1. The van der Waals surface area contributed by atoms with Gasteiger partial charge in [-0.15, -0.1) is 0 Å². The zero-order valence-corrected chi connectivity index (χ0v) is 23.4. The molecule has 1 unspecified atom stereocenters. The van der Waals surface area contributed by atoms with Crippen molar-refractivity contribution in [1.29, 1.82) is 0 Å². The third-order valence-corrected chi connectivity index (χ3v) is 7.29. The standard InChI is InChI=1S/C27H37N3O7S/c1-6-23(27(32)28-19(2)3)29(17-20-9-7-10-22(15-20)35-4)26(31)11-8-14-30(38(5,33)34)21-12-13-24-25(16-21)37-18-36-24/h7,9-10,12-13,15-16,19,23H,6,8,11,14,17-18H2,1-5H3,(H,28,32). The minimum absolute atomic E-state index is 0.0615. The number of amides is 2. The number of hydrogen-bond donors (Lipinski definition) is 1. The molecule has 0 aliphatic carbocycles. The van der Waals surface area contributed by atoms with E-state index in [2.05, 4.69) is 5.32 Å². The molecule has 2 aromatic rings. The van der Waals surface area contributed by atoms with E-state index in [4.69, 9.17) is 14.2 Å². The number of fused-ring (bicyclic) bond motifs is 1. The van der Waals surface area contributed by atoms with Gasteiger partial charge in [0.25, 0.3) is 0 Å². The van der Waals surface area contributed by atoms with E-state index in [1.807, 2.05) is 45.0 Å². The molecule has 11 heteroatoms. The van der Waals surface area contributed by atoms with Crippen molar-refractivity contribution in [3.8, 4) is 17.2 Å². The average molecular weight is 548 g/mol. The fourth-order valence-corrected chi connectivity index (χ4v) is 5.27. The molecular weight excluding hydrogens is 510 g/mol. The van der Waals surface area contributed by atoms with E-state index in [9.17, 15) is 18.0 Å². The topological polar surface area (TPSA) is 114 Å². The SMILES string of the molecule is CCC(C(=O)NC(C)C)N(Cc1cccc(OC)c1)C(=O)CCCN(c1ccc2c(c1)OCO2)S(C)(=O)=O. The number of benzene rings is 2. The van der Waals surface area contributed by atoms with Gasteiger partial charge in [0, 0.05) is 31.6 Å². The van der Waals surface area contributed by atoms with Gasteiger partial charge in [0.05, 0.1) is 19.1 Å². The number of nitrogens with zero attached hydrogens (tertiary/aromatic N) is 2. The van der Waals surface area contributed by atoms with Gasteiger partial charge in [-0.3, -0.25) is 13.9 Å². The van der Waals surface area contributed by atoms with Gasteiger partial charge in [0.2, 0.25) is 28.6 Å². The maximum Gasteiger partial charge on any atom is 0.243 e. The molecule has 1 N–H and O–H groups in total. The van der Waals surface area contributed by atoms with Gasteiger partial charge in [-0.1, -0.05) is 19.1 Å². The van der Waals surface area contributed by atoms with Gasteiger partial charge in [-0.2, -0.15) is 0 Å². The Hall–Kier alpha value is -3.47. The predicted molar refractivity (Wildman–Crippen MR) is 145 cm³/mol. The summed E-state index contributed by atoms with van der Waals surface area (Å²) in [5.74, 6) is 1.21. The minimum Gasteiger partial charge on any atom is -0.497 e. The number of ether oxygens (including phenoxy) is 3. The lowest BCUT2D eigenvalue weighted by Gasteiger charge is -2.31. The summed E-state index contributed by atoms with van der Waals surface area (Å²) in [6, 6.07) is 11.5. The Morgan fingerprint density at radius 1 is 1.11 bits per heavy atom. The first-order valence-corrected chi connectivity index (χ1v) is 14.5. The number of methoxy groups -OCH3 is 1. The van der Waals surface area contributed by atoms with Gasteiger partial charge in [-0.25, -0.2) is 8.42 Å². The van der Waals surface area contributed by atoms with E-state index in [0.29, 0.717) is 29.4 Å². The van der Waals surface area contributed by atoms with E-state index >= 15 is 0 Å². The lowest BCUT2D eigenvalue weighted by molar-refractivity contribution is -0.141. The summed E-state index contributed by atoms with van der Waals surface area (Å²) in [5.41, 5.74) is 1.26. The number of carbonyl (C=O) groups excluding carboxylic acids is 2. The Balaban J connectivity index is 1.78. The summed E-state index contributed by atoms with van der Waals surface area (Å²) in [6.07, 6.45) is 1.88. The van der Waals surface area contributed by atoms with Crippen molar-refractivity contribution in [2.75, 3.05) is 31.0 Å². The van der Waals surface area contributed by atoms with Crippen LogP contribution >= 0.6 is 0 Å². The lowest BCUT2D eigenvalue weighted by Crippen LogP contribution is -2.50. The van der Waals surface area contributed by atoms with Crippen LogP contribution in [-0.4, -0.2) is 63.9 Å². The Kier molecular flexibility index (Phi) is 9.84. The second-order valence-electron chi connectivity index (χ2n) is 9.44. The van der Waals surface area contributed by atoms with Crippen LogP contribution in [0.2, 0.25) is 0 Å². The smallest absolute Gasteiger partial charge is 0.243 e. The van der Waals surface area contributed by atoms with E-state index in [-0.39, 0.29) is 50.6 Å². The quantitative estimate of drug-likeness (QED) is 0.409. The molecule has 0 saturated heterocycles. The zero-order chi connectivity index (χ0) is 27.9. The van der Waals surface area contributed by atoms with Crippen LogP contribution in [0.4, 0.5) is 5.69 Å². The summed E-state index contributed by atoms with van der Waals surface area (Å²) >= 11 is 0. The molecule has 0 aromatic heterocycles. The van der Waals surface area contributed by atoms with Crippen LogP contribution in [0.5, 0.6) is 17.2 Å². The lowest BCUT2D eigenvalue weighted by atomic mass is 10.1. The Morgan fingerprint density at radius 3 is 2.50 bits per heavy atom. The van der Waals surface area contributed by atoms with E-state index < -0.39 is 16.1 Å². The summed E-state index contributed by atoms with van der Waals surface area (Å²) in [4.78, 5) is 28.1. The summed E-state index contributed by atoms with van der Waals surface area (Å²) < 4.78 is 42.4. The molecule has 0 spiro atoms. The first kappa shape index (κ1) is 29.1. The van der Waals surface area contributed by atoms with Crippen LogP contribution in [0.15, 0.2) is 42.5 Å². The first-order valence-electron chi connectivity index (χ1n) is 12.6. The van der Waals surface area contributed by atoms with Gasteiger partial charge in [-0.05, 0) is 56.5 Å². The largest absolute Gasteiger partial charge is 0.497 e. The zero-order valence-electron chi connectivity index (χ0n) is 22.6. The van der Waals surface area contributed by atoms with Crippen molar-refractivity contribution >= 4 is 27.5 Å². The Labute approximate surface area is 224 Å². The van der Waals surface area contributed by atoms with E-state index in [0.717, 1.165) is 11.8 Å². The van der Waals surface area contributed by atoms with Gasteiger partial charge < -0.3 is 24.4 Å². The van der Waals surface area contributed by atoms with Crippen LogP contribution in [0.25, 0.3) is 0 Å². The molecule has 208 valence electrons. The summed E-state index contributed by atoms with van der Waals surface area (Å²) in [6.45, 7) is 5.99. The molecule has 10 nitrogen and oxygen atoms in total. The molecule has 2 amide bonds. The number of nitrogens with one attached hydrogen (secondary N) is 1. The van der Waals surface area contributed by atoms with Crippen LogP contribution < -0.4 is 23.8 Å². The second kappa shape index (κ2) is 12.9. The highest BCUT2D eigenvalue weighted by atomic mass is 32.2. The molecule has 1 heterocycles. The van der Waals surface area contributed by atoms with Crippen molar-refractivity contribution in [3.05, 3.63) is 48.0 Å². The van der Waals surface area contributed by atoms with E-state index in [1.54, 1.807) is 30.2 Å². The molecule has 1 atom stereocenters. The fourth-order valence-electron chi connectivity index (χ4n) is 4.31. The molecule has 0 fully saturated rings. The molecule has 0 saturated carbocycles. The highest BCUT2D eigenvalue weighted by Crippen LogP contribution is 2.36. The maximum absolute atomic E-state index is 13.5. The average Bonchev–Trinajstić information content (AvgIpc) is 3.33. The van der Waals surface area contributed by atoms with Crippen LogP contribution in [-0.2, 0) is 26.2 Å². The Morgan fingerprint density at radius 2 is 1.84 bits per heavy atom. The minimum atomic E-state index is -3.62. The molecule has 1 aliphatic rings. The molecule has 3 rings (SSSR count). The molecule has 38 heavy (non-hydrogen) atoms. The van der Waals surface area contributed by atoms with Gasteiger partial charge in [0.15, 0.2) is 11.5 Å². The number of carbonyl (C=O) groups is 2. The van der Waals surface area contributed by atoms with Crippen LogP contribution in [0, 0.1) is 0 Å². The molecular formula is C27H37N3O7S. The number of rotatable bonds is 13. The van der Waals surface area contributed by atoms with Crippen LogP contribution in [0.3, 0.4) is 0 Å². The van der Waals surface area contributed by atoms with Crippen molar-refractivity contribution < 1.29 is 32.2 Å². The monoisotopic (exact) mass is 547 g/mol. The third kappa shape index (κ3) is 7.53. The molecule has 2 aromatic carbocycles. The van der Waals surface area contributed by atoms with Gasteiger partial charge in [0.1, 0.15) is 11.8 Å². The van der Waals surface area contributed by atoms with E-state index in [1.165, 1.54) is 4.31 Å². The number of hydrogen-bond acceptors (Lipinski definition) is 7. The third-order valence-electron chi connectivity index (χ3n) is 6.10. The summed E-state index contributed by atoms with van der Waals surface area (Å²) in [5, 5.41) is 2.91. The highest BCUT2D eigenvalue weighted by molar-refractivity contribution is 7.92. The first-order chi connectivity index (χ1) is 18.0. The van der Waals surface area contributed by atoms with Crippen molar-refractivity contribution in [2.24, 2.45) is 0 Å². The molecule has 0 radical (unpaired) electrons. The van der Waals surface area contributed by atoms with Crippen molar-refractivity contribution in [3.63, 3.8) is 0 Å². The normalized spacial score (nSPS) is 13.2.